The molecule has 2 rings (SSSR count). The van der Waals surface area contributed by atoms with Crippen LogP contribution in [0.4, 0.5) is 4.79 Å². The first-order valence-corrected chi connectivity index (χ1v) is 4.35. The number of carbonyl (C=O) groups is 2. The van der Waals surface area contributed by atoms with Crippen LogP contribution < -0.4 is 0 Å². The van der Waals surface area contributed by atoms with Crippen molar-refractivity contribution in [3.8, 4) is 0 Å². The second kappa shape index (κ2) is 2.47. The Labute approximate surface area is 71.1 Å². The predicted molar refractivity (Wildman–Crippen MR) is 42.5 cm³/mol. The average Bonchev–Trinajstić information content (AvgIpc) is 2.80. The molecule has 0 spiro atoms. The maximum Gasteiger partial charge on any atom is 0.327 e. The molecule has 1 saturated carbocycles. The van der Waals surface area contributed by atoms with Crippen molar-refractivity contribution in [2.75, 3.05) is 13.1 Å². The van der Waals surface area contributed by atoms with Crippen molar-refractivity contribution in [2.24, 2.45) is 0 Å². The molecule has 1 aliphatic heterocycles. The van der Waals surface area contributed by atoms with Gasteiger partial charge in [0.15, 0.2) is 0 Å². The molecule has 1 heterocycles. The van der Waals surface area contributed by atoms with E-state index in [9.17, 15) is 9.59 Å². The largest absolute Gasteiger partial charge is 0.327 e. The lowest BCUT2D eigenvalue weighted by atomic mass is 10.5. The fourth-order valence-electron chi connectivity index (χ4n) is 1.54. The Morgan fingerprint density at radius 3 is 2.50 bits per heavy atom. The lowest BCUT2D eigenvalue weighted by Crippen LogP contribution is -2.33. The number of amides is 3. The molecule has 4 heteroatoms. The van der Waals surface area contributed by atoms with E-state index >= 15 is 0 Å². The summed E-state index contributed by atoms with van der Waals surface area (Å²) in [6.07, 6.45) is 2.13. The molecule has 2 fully saturated rings. The Balaban J connectivity index is 2.11. The summed E-state index contributed by atoms with van der Waals surface area (Å²) in [4.78, 5) is 25.7. The summed E-state index contributed by atoms with van der Waals surface area (Å²) in [7, 11) is 0. The summed E-state index contributed by atoms with van der Waals surface area (Å²) in [5.74, 6) is -0.0469. The molecular weight excluding hydrogens is 156 g/mol. The number of urea groups is 1. The molecular formula is C8H12N2O2. The summed E-state index contributed by atoms with van der Waals surface area (Å²) in [6.45, 7) is 2.63. The predicted octanol–water partition coefficient (Wildman–Crippen LogP) is 0.433. The van der Waals surface area contributed by atoms with E-state index in [1.807, 2.05) is 6.92 Å². The zero-order valence-corrected chi connectivity index (χ0v) is 7.12. The van der Waals surface area contributed by atoms with Crippen LogP contribution in [0, 0.1) is 0 Å². The lowest BCUT2D eigenvalue weighted by Gasteiger charge is -2.14. The molecule has 0 aromatic rings. The van der Waals surface area contributed by atoms with Crippen molar-refractivity contribution in [3.63, 3.8) is 0 Å². The second-order valence-electron chi connectivity index (χ2n) is 3.28. The first-order chi connectivity index (χ1) is 5.74. The highest BCUT2D eigenvalue weighted by molar-refractivity contribution is 6.02. The van der Waals surface area contributed by atoms with Crippen LogP contribution in [0.25, 0.3) is 0 Å². The minimum absolute atomic E-state index is 0.0469. The summed E-state index contributed by atoms with van der Waals surface area (Å²) in [5.41, 5.74) is 0. The number of nitrogens with zero attached hydrogens (tertiary/aromatic N) is 2. The molecule has 2 aliphatic rings. The van der Waals surface area contributed by atoms with Gasteiger partial charge in [0.05, 0.1) is 0 Å². The van der Waals surface area contributed by atoms with Gasteiger partial charge in [0.2, 0.25) is 5.91 Å². The second-order valence-corrected chi connectivity index (χ2v) is 3.28. The van der Waals surface area contributed by atoms with Crippen LogP contribution in [-0.4, -0.2) is 40.9 Å². The molecule has 0 unspecified atom stereocenters. The van der Waals surface area contributed by atoms with Gasteiger partial charge in [0.25, 0.3) is 0 Å². The van der Waals surface area contributed by atoms with Crippen molar-refractivity contribution in [1.82, 2.24) is 9.80 Å². The van der Waals surface area contributed by atoms with Crippen LogP contribution in [0.1, 0.15) is 19.8 Å². The maximum atomic E-state index is 11.5. The molecule has 0 aromatic heterocycles. The number of carbonyl (C=O) groups excluding carboxylic acids is 2. The van der Waals surface area contributed by atoms with Crippen LogP contribution in [0.15, 0.2) is 0 Å². The molecule has 1 saturated heterocycles. The molecule has 0 N–H and O–H groups in total. The third-order valence-electron chi connectivity index (χ3n) is 2.39. The highest BCUT2D eigenvalue weighted by atomic mass is 16.2. The highest BCUT2D eigenvalue weighted by Gasteiger charge is 2.42. The van der Waals surface area contributed by atoms with E-state index in [0.717, 1.165) is 12.8 Å². The monoisotopic (exact) mass is 168 g/mol. The molecule has 0 atom stereocenters. The Hall–Kier alpha value is -1.06. The van der Waals surface area contributed by atoms with E-state index in [1.165, 1.54) is 4.90 Å². The Morgan fingerprint density at radius 1 is 1.42 bits per heavy atom. The van der Waals surface area contributed by atoms with Gasteiger partial charge < -0.3 is 4.90 Å². The highest BCUT2D eigenvalue weighted by Crippen LogP contribution is 2.29. The topological polar surface area (TPSA) is 40.6 Å². The van der Waals surface area contributed by atoms with Gasteiger partial charge >= 0.3 is 6.03 Å². The van der Waals surface area contributed by atoms with Crippen LogP contribution in [0.3, 0.4) is 0 Å². The van der Waals surface area contributed by atoms with Gasteiger partial charge in [-0.1, -0.05) is 0 Å². The SMILES string of the molecule is CCN1C(=O)CN(C2CC2)C1=O. The average molecular weight is 168 g/mol. The number of hydrogen-bond acceptors (Lipinski definition) is 2. The Kier molecular flexibility index (Phi) is 1.56. The van der Waals surface area contributed by atoms with Crippen molar-refractivity contribution < 1.29 is 9.59 Å². The van der Waals surface area contributed by atoms with Crippen molar-refractivity contribution >= 4 is 11.9 Å². The molecule has 4 nitrogen and oxygen atoms in total. The normalized spacial score (nSPS) is 24.1. The quantitative estimate of drug-likeness (QED) is 0.561. The Morgan fingerprint density at radius 2 is 2.08 bits per heavy atom. The molecule has 3 amide bonds. The minimum atomic E-state index is -0.0926. The summed E-state index contributed by atoms with van der Waals surface area (Å²) in [6, 6.07) is 0.267. The van der Waals surface area contributed by atoms with Crippen molar-refractivity contribution in [2.45, 2.75) is 25.8 Å². The molecule has 12 heavy (non-hydrogen) atoms. The molecule has 66 valence electrons. The van der Waals surface area contributed by atoms with Crippen LogP contribution in [0.5, 0.6) is 0 Å². The van der Waals surface area contributed by atoms with E-state index in [-0.39, 0.29) is 11.9 Å². The first-order valence-electron chi connectivity index (χ1n) is 4.35. The summed E-state index contributed by atoms with van der Waals surface area (Å²) in [5, 5.41) is 0. The number of imide groups is 1. The van der Waals surface area contributed by atoms with E-state index < -0.39 is 0 Å². The van der Waals surface area contributed by atoms with Gasteiger partial charge in [-0.05, 0) is 19.8 Å². The van der Waals surface area contributed by atoms with Gasteiger partial charge in [-0.15, -0.1) is 0 Å². The minimum Gasteiger partial charge on any atom is -0.312 e. The standard InChI is InChI=1S/C8H12N2O2/c1-2-9-7(11)5-10(8(9)12)6-3-4-6/h6H,2-5H2,1H3. The maximum absolute atomic E-state index is 11.5. The molecule has 1 aliphatic carbocycles. The van der Waals surface area contributed by atoms with E-state index in [1.54, 1.807) is 4.90 Å². The van der Waals surface area contributed by atoms with Gasteiger partial charge in [0, 0.05) is 12.6 Å². The van der Waals surface area contributed by atoms with Crippen LogP contribution in [-0.2, 0) is 4.79 Å². The third kappa shape index (κ3) is 0.983. The van der Waals surface area contributed by atoms with Gasteiger partial charge in [0.1, 0.15) is 6.54 Å². The molecule has 0 bridgehead atoms. The number of hydrogen-bond donors (Lipinski definition) is 0. The van der Waals surface area contributed by atoms with Crippen molar-refractivity contribution in [1.29, 1.82) is 0 Å². The summed E-state index contributed by atoms with van der Waals surface area (Å²) >= 11 is 0. The van der Waals surface area contributed by atoms with E-state index in [2.05, 4.69) is 0 Å². The molecule has 0 radical (unpaired) electrons. The van der Waals surface area contributed by atoms with Gasteiger partial charge in [-0.25, -0.2) is 4.79 Å². The molecule has 0 aromatic carbocycles. The Bertz CT molecular complexity index is 235. The fraction of sp³-hybridized carbons (Fsp3) is 0.750. The van der Waals surface area contributed by atoms with E-state index in [0.29, 0.717) is 19.1 Å². The first kappa shape index (κ1) is 7.58. The number of likely N-dealkylation sites (N-methyl/N-ethyl adjacent to an activating group) is 1. The van der Waals surface area contributed by atoms with Crippen LogP contribution >= 0.6 is 0 Å². The van der Waals surface area contributed by atoms with Crippen molar-refractivity contribution in [3.05, 3.63) is 0 Å². The van der Waals surface area contributed by atoms with E-state index in [4.69, 9.17) is 0 Å². The smallest absolute Gasteiger partial charge is 0.312 e. The lowest BCUT2D eigenvalue weighted by molar-refractivity contribution is -0.125. The number of rotatable bonds is 2. The summed E-state index contributed by atoms with van der Waals surface area (Å²) < 4.78 is 0. The van der Waals surface area contributed by atoms with Crippen LogP contribution in [0.2, 0.25) is 0 Å². The van der Waals surface area contributed by atoms with Gasteiger partial charge in [-0.2, -0.15) is 0 Å². The fourth-order valence-corrected chi connectivity index (χ4v) is 1.54. The zero-order chi connectivity index (χ0) is 8.72. The third-order valence-corrected chi connectivity index (χ3v) is 2.39. The van der Waals surface area contributed by atoms with Gasteiger partial charge in [-0.3, -0.25) is 9.69 Å². The zero-order valence-electron chi connectivity index (χ0n) is 7.12.